The Labute approximate surface area is 210 Å². The van der Waals surface area contributed by atoms with Gasteiger partial charge in [0.25, 0.3) is 0 Å². The number of nitrogens with one attached hydrogen (secondary N) is 2. The van der Waals surface area contributed by atoms with Crippen molar-refractivity contribution in [2.24, 2.45) is 0 Å². The van der Waals surface area contributed by atoms with Crippen molar-refractivity contribution < 1.29 is 9.18 Å². The fraction of sp³-hybridized carbons (Fsp3) is 0.240. The van der Waals surface area contributed by atoms with E-state index in [2.05, 4.69) is 30.9 Å². The number of hydrogen-bond acceptors (Lipinski definition) is 8. The van der Waals surface area contributed by atoms with E-state index in [1.807, 2.05) is 19.9 Å². The summed E-state index contributed by atoms with van der Waals surface area (Å²) in [7, 11) is 0. The first-order valence-electron chi connectivity index (χ1n) is 11.8. The predicted molar refractivity (Wildman–Crippen MR) is 134 cm³/mol. The summed E-state index contributed by atoms with van der Waals surface area (Å²) < 4.78 is 17.7. The fourth-order valence-electron chi connectivity index (χ4n) is 4.47. The van der Waals surface area contributed by atoms with Crippen LogP contribution < -0.4 is 10.6 Å². The Morgan fingerprint density at radius 3 is 2.78 bits per heavy atom. The molecule has 0 unspecified atom stereocenters. The van der Waals surface area contributed by atoms with E-state index in [4.69, 9.17) is 10.1 Å². The van der Waals surface area contributed by atoms with E-state index >= 15 is 0 Å². The molecule has 0 radical (unpaired) electrons. The van der Waals surface area contributed by atoms with E-state index in [0.29, 0.717) is 53.0 Å². The lowest BCUT2D eigenvalue weighted by molar-refractivity contribution is -0.119. The molecule has 37 heavy (non-hydrogen) atoms. The third-order valence-electron chi connectivity index (χ3n) is 6.44. The fourth-order valence-corrected chi connectivity index (χ4v) is 4.47. The van der Waals surface area contributed by atoms with Gasteiger partial charge in [0.05, 0.1) is 35.7 Å². The van der Waals surface area contributed by atoms with Gasteiger partial charge in [-0.05, 0) is 32.0 Å². The lowest BCUT2D eigenvalue weighted by Gasteiger charge is -2.19. The monoisotopic (exact) mass is 498 g/mol. The van der Waals surface area contributed by atoms with Gasteiger partial charge in [-0.1, -0.05) is 23.4 Å². The van der Waals surface area contributed by atoms with E-state index < -0.39 is 5.41 Å². The van der Waals surface area contributed by atoms with E-state index in [1.54, 1.807) is 52.2 Å². The number of benzene rings is 1. The second-order valence-corrected chi connectivity index (χ2v) is 9.26. The number of pyridine rings is 1. The molecule has 6 rings (SSSR count). The highest BCUT2D eigenvalue weighted by atomic mass is 19.1. The predicted octanol–water partition coefficient (Wildman–Crippen LogP) is 3.01. The molecular formula is C25H23FN10O. The van der Waals surface area contributed by atoms with Crippen molar-refractivity contribution in [2.75, 3.05) is 17.2 Å². The van der Waals surface area contributed by atoms with Crippen molar-refractivity contribution in [3.8, 4) is 11.5 Å². The normalized spacial score (nSPS) is 14.1. The molecule has 1 aromatic carbocycles. The summed E-state index contributed by atoms with van der Waals surface area (Å²) >= 11 is 0. The standard InChI is InChI=1S/C25H23FN10O/c1-25(2)18-20(27-10-12-35-13-11-29-34-35)30-22(31-21(18)32-24(25)37)19-16-7-5-9-28-23(16)36(33-19)14-15-6-3-4-8-17(15)26/h3-9,11,13H,10,12,14H2,1-2H3,(H2,27,30,31,32,37). The van der Waals surface area contributed by atoms with Crippen molar-refractivity contribution in [2.45, 2.75) is 32.4 Å². The van der Waals surface area contributed by atoms with Crippen LogP contribution in [0.1, 0.15) is 25.0 Å². The maximum absolute atomic E-state index is 14.4. The summed E-state index contributed by atoms with van der Waals surface area (Å²) in [5, 5.41) is 19.5. The Morgan fingerprint density at radius 2 is 1.97 bits per heavy atom. The van der Waals surface area contributed by atoms with Gasteiger partial charge in [-0.25, -0.2) is 24.0 Å². The van der Waals surface area contributed by atoms with Crippen molar-refractivity contribution in [1.82, 2.24) is 39.7 Å². The molecule has 4 aromatic heterocycles. The van der Waals surface area contributed by atoms with Gasteiger partial charge in [-0.3, -0.25) is 9.48 Å². The minimum absolute atomic E-state index is 0.162. The minimum Gasteiger partial charge on any atom is -0.368 e. The molecule has 0 fully saturated rings. The Bertz CT molecular complexity index is 1630. The van der Waals surface area contributed by atoms with Crippen molar-refractivity contribution in [3.05, 3.63) is 71.9 Å². The highest BCUT2D eigenvalue weighted by Crippen LogP contribution is 2.41. The number of hydrogen-bond donors (Lipinski definition) is 2. The number of halogens is 1. The molecule has 5 heterocycles. The average Bonchev–Trinajstić information content (AvgIpc) is 3.58. The number of rotatable bonds is 7. The zero-order valence-electron chi connectivity index (χ0n) is 20.2. The average molecular weight is 499 g/mol. The van der Waals surface area contributed by atoms with Crippen LogP contribution in [0.5, 0.6) is 0 Å². The first kappa shape index (κ1) is 22.7. The second-order valence-electron chi connectivity index (χ2n) is 9.26. The van der Waals surface area contributed by atoms with Crippen LogP contribution >= 0.6 is 0 Å². The molecule has 12 heteroatoms. The molecule has 0 aliphatic carbocycles. The molecule has 5 aromatic rings. The van der Waals surface area contributed by atoms with Crippen LogP contribution in [0.25, 0.3) is 22.6 Å². The molecule has 2 N–H and O–H groups in total. The van der Waals surface area contributed by atoms with Gasteiger partial charge in [-0.15, -0.1) is 5.10 Å². The molecule has 0 spiro atoms. The number of fused-ring (bicyclic) bond motifs is 2. The SMILES string of the molecule is CC1(C)C(=O)Nc2nc(-c3nn(Cc4ccccc4F)c4ncccc34)nc(NCCn3ccnn3)c21. The zero-order chi connectivity index (χ0) is 25.6. The minimum atomic E-state index is -0.822. The number of carbonyl (C=O) groups is 1. The van der Waals surface area contributed by atoms with Crippen LogP contribution in [0.15, 0.2) is 55.0 Å². The Balaban J connectivity index is 1.44. The maximum atomic E-state index is 14.4. The molecule has 0 bridgehead atoms. The quantitative estimate of drug-likeness (QED) is 0.350. The molecule has 1 amide bonds. The molecular weight excluding hydrogens is 475 g/mol. The van der Waals surface area contributed by atoms with Crippen LogP contribution in [-0.2, 0) is 23.3 Å². The van der Waals surface area contributed by atoms with Crippen LogP contribution in [-0.4, -0.2) is 52.2 Å². The van der Waals surface area contributed by atoms with E-state index in [0.717, 1.165) is 5.39 Å². The Kier molecular flexibility index (Phi) is 5.36. The molecule has 1 aliphatic rings. The van der Waals surface area contributed by atoms with E-state index in [1.165, 1.54) is 6.07 Å². The molecule has 1 aliphatic heterocycles. The van der Waals surface area contributed by atoms with Crippen molar-refractivity contribution in [1.29, 1.82) is 0 Å². The first-order valence-corrected chi connectivity index (χ1v) is 11.8. The van der Waals surface area contributed by atoms with Crippen LogP contribution in [0.2, 0.25) is 0 Å². The van der Waals surface area contributed by atoms with E-state index in [9.17, 15) is 9.18 Å². The van der Waals surface area contributed by atoms with Gasteiger partial charge in [0.15, 0.2) is 11.5 Å². The topological polar surface area (TPSA) is 128 Å². The summed E-state index contributed by atoms with van der Waals surface area (Å²) in [5.74, 6) is 0.810. The smallest absolute Gasteiger partial charge is 0.235 e. The zero-order valence-corrected chi connectivity index (χ0v) is 20.2. The van der Waals surface area contributed by atoms with Crippen molar-refractivity contribution in [3.63, 3.8) is 0 Å². The molecule has 0 saturated carbocycles. The molecule has 11 nitrogen and oxygen atoms in total. The molecule has 186 valence electrons. The van der Waals surface area contributed by atoms with Gasteiger partial charge in [-0.2, -0.15) is 5.10 Å². The van der Waals surface area contributed by atoms with Crippen molar-refractivity contribution >= 4 is 28.6 Å². The maximum Gasteiger partial charge on any atom is 0.235 e. The van der Waals surface area contributed by atoms with Crippen LogP contribution in [0, 0.1) is 5.82 Å². The third kappa shape index (κ3) is 3.96. The summed E-state index contributed by atoms with van der Waals surface area (Å²) in [4.78, 5) is 26.8. The van der Waals surface area contributed by atoms with Gasteiger partial charge in [0, 0.05) is 24.5 Å². The second kappa shape index (κ2) is 8.73. The van der Waals surface area contributed by atoms with Gasteiger partial charge < -0.3 is 10.6 Å². The van der Waals surface area contributed by atoms with Gasteiger partial charge in [0.1, 0.15) is 23.1 Å². The number of amides is 1. The largest absolute Gasteiger partial charge is 0.368 e. The Morgan fingerprint density at radius 1 is 1.11 bits per heavy atom. The number of nitrogens with zero attached hydrogens (tertiary/aromatic N) is 8. The molecule has 0 saturated heterocycles. The molecule has 0 atom stereocenters. The Hall–Kier alpha value is -4.74. The van der Waals surface area contributed by atoms with Gasteiger partial charge in [0.2, 0.25) is 5.91 Å². The summed E-state index contributed by atoms with van der Waals surface area (Å²) in [6.07, 6.45) is 5.05. The highest BCUT2D eigenvalue weighted by molar-refractivity contribution is 6.06. The lowest BCUT2D eigenvalue weighted by atomic mass is 9.87. The first-order chi connectivity index (χ1) is 17.9. The third-order valence-corrected chi connectivity index (χ3v) is 6.44. The van der Waals surface area contributed by atoms with Gasteiger partial charge >= 0.3 is 0 Å². The van der Waals surface area contributed by atoms with Crippen LogP contribution in [0.3, 0.4) is 0 Å². The lowest BCUT2D eigenvalue weighted by Crippen LogP contribution is -2.28. The number of aromatic nitrogens is 8. The summed E-state index contributed by atoms with van der Waals surface area (Å²) in [6.45, 7) is 4.92. The number of carbonyl (C=O) groups excluding carboxylic acids is 1. The summed E-state index contributed by atoms with van der Waals surface area (Å²) in [6, 6.07) is 10.2. The highest BCUT2D eigenvalue weighted by Gasteiger charge is 2.43. The van der Waals surface area contributed by atoms with E-state index in [-0.39, 0.29) is 18.3 Å². The van der Waals surface area contributed by atoms with Crippen LogP contribution in [0.4, 0.5) is 16.0 Å². The number of anilines is 2. The summed E-state index contributed by atoms with van der Waals surface area (Å²) in [5.41, 5.74) is 1.42.